The lowest BCUT2D eigenvalue weighted by Crippen LogP contribution is -2.34. The molecule has 118 valence electrons. The molecule has 2 aliphatic rings. The minimum Gasteiger partial charge on any atom is -0.388 e. The molecule has 1 saturated carbocycles. The molecule has 4 nitrogen and oxygen atoms in total. The van der Waals surface area contributed by atoms with Gasteiger partial charge in [-0.05, 0) is 55.4 Å². The smallest absolute Gasteiger partial charge is 0.208 e. The lowest BCUT2D eigenvalue weighted by atomic mass is 9.97. The largest absolute Gasteiger partial charge is 0.388 e. The zero-order valence-electron chi connectivity index (χ0n) is 13.4. The van der Waals surface area contributed by atoms with Crippen LogP contribution in [0.25, 0.3) is 17.0 Å². The van der Waals surface area contributed by atoms with Crippen molar-refractivity contribution < 1.29 is 9.90 Å². The summed E-state index contributed by atoms with van der Waals surface area (Å²) in [6.07, 6.45) is 5.29. The van der Waals surface area contributed by atoms with Crippen molar-refractivity contribution in [2.45, 2.75) is 32.4 Å². The molecule has 2 heterocycles. The van der Waals surface area contributed by atoms with Crippen molar-refractivity contribution in [1.29, 1.82) is 0 Å². The summed E-state index contributed by atoms with van der Waals surface area (Å²) in [6, 6.07) is 5.99. The van der Waals surface area contributed by atoms with Crippen LogP contribution in [0.2, 0.25) is 0 Å². The molecule has 23 heavy (non-hydrogen) atoms. The van der Waals surface area contributed by atoms with Crippen molar-refractivity contribution in [3.63, 3.8) is 0 Å². The number of hydrogen-bond donors (Lipinski definition) is 1. The van der Waals surface area contributed by atoms with Gasteiger partial charge in [0.2, 0.25) is 5.78 Å². The highest BCUT2D eigenvalue weighted by Crippen LogP contribution is 2.48. The first-order chi connectivity index (χ1) is 10.9. The predicted molar refractivity (Wildman–Crippen MR) is 90.1 cm³/mol. The normalized spacial score (nSPS) is 30.0. The van der Waals surface area contributed by atoms with E-state index in [1.165, 1.54) is 0 Å². The maximum Gasteiger partial charge on any atom is 0.208 e. The first kappa shape index (κ1) is 14.4. The van der Waals surface area contributed by atoms with Gasteiger partial charge in [0, 0.05) is 5.39 Å². The Hall–Kier alpha value is -2.20. The monoisotopic (exact) mass is 308 g/mol. The number of allylic oxidation sites excluding steroid dienone is 2. The van der Waals surface area contributed by atoms with Gasteiger partial charge in [0.25, 0.3) is 0 Å². The van der Waals surface area contributed by atoms with Crippen molar-refractivity contribution in [2.24, 2.45) is 11.8 Å². The third kappa shape index (κ3) is 2.25. The summed E-state index contributed by atoms with van der Waals surface area (Å²) in [4.78, 5) is 12.4. The second-order valence-corrected chi connectivity index (χ2v) is 7.11. The molecule has 1 aromatic carbocycles. The molecular formula is C19H20N2O2. The van der Waals surface area contributed by atoms with E-state index in [2.05, 4.69) is 23.8 Å². The highest BCUT2D eigenvalue weighted by molar-refractivity contribution is 6.14. The van der Waals surface area contributed by atoms with Crippen LogP contribution in [-0.2, 0) is 6.54 Å². The summed E-state index contributed by atoms with van der Waals surface area (Å²) in [7, 11) is 0. The number of carbonyl (C=O) groups excluding carboxylic acids is 1. The molecule has 1 aliphatic heterocycles. The average molecular weight is 308 g/mol. The van der Waals surface area contributed by atoms with Gasteiger partial charge >= 0.3 is 0 Å². The number of aromatic nitrogens is 2. The van der Waals surface area contributed by atoms with Gasteiger partial charge in [-0.3, -0.25) is 9.48 Å². The number of Topliss-reactive ketones (excluding diaryl/α,β-unsaturated/α-hetero) is 1. The molecule has 1 fully saturated rings. The summed E-state index contributed by atoms with van der Waals surface area (Å²) in [6.45, 7) is 7.70. The Morgan fingerprint density at radius 3 is 3.00 bits per heavy atom. The van der Waals surface area contributed by atoms with Gasteiger partial charge in [0.05, 0.1) is 17.7 Å². The molecule has 4 rings (SSSR count). The molecule has 3 unspecified atom stereocenters. The standard InChI is InChI=1S/C19H20N2O2/c1-11(2)18(22)17-14-7-5-12-4-6-13-9-15(13)19(3,23)10-21(20-17)16(14)8-12/h4-8,13,15,23H,1,9-10H2,2-3H3/b6-4-. The number of hydrogen-bond acceptors (Lipinski definition) is 3. The fourth-order valence-corrected chi connectivity index (χ4v) is 3.58. The van der Waals surface area contributed by atoms with E-state index >= 15 is 0 Å². The van der Waals surface area contributed by atoms with Gasteiger partial charge in [0.15, 0.2) is 0 Å². The number of rotatable bonds is 2. The molecular weight excluding hydrogens is 288 g/mol. The Labute approximate surface area is 135 Å². The highest BCUT2D eigenvalue weighted by Gasteiger charge is 2.48. The number of benzene rings is 1. The Morgan fingerprint density at radius 1 is 1.48 bits per heavy atom. The van der Waals surface area contributed by atoms with Crippen LogP contribution in [0.3, 0.4) is 0 Å². The molecule has 0 spiro atoms. The quantitative estimate of drug-likeness (QED) is 0.684. The van der Waals surface area contributed by atoms with Crippen molar-refractivity contribution >= 4 is 22.8 Å². The van der Waals surface area contributed by atoms with Gasteiger partial charge in [-0.2, -0.15) is 5.10 Å². The van der Waals surface area contributed by atoms with E-state index in [9.17, 15) is 9.90 Å². The molecule has 1 aromatic heterocycles. The van der Waals surface area contributed by atoms with Crippen LogP contribution in [0, 0.1) is 11.8 Å². The SMILES string of the molecule is C=C(C)C(=O)c1nn2c3cc(ccc13)/C=C\C1CC1C(C)(O)C2. The van der Waals surface area contributed by atoms with Crippen molar-refractivity contribution in [2.75, 3.05) is 0 Å². The van der Waals surface area contributed by atoms with Gasteiger partial charge in [-0.1, -0.05) is 24.8 Å². The molecule has 0 amide bonds. The maximum atomic E-state index is 12.4. The van der Waals surface area contributed by atoms with E-state index in [-0.39, 0.29) is 11.7 Å². The van der Waals surface area contributed by atoms with E-state index in [0.29, 0.717) is 23.7 Å². The van der Waals surface area contributed by atoms with Gasteiger partial charge in [0.1, 0.15) is 5.69 Å². The number of fused-ring (bicyclic) bond motifs is 2. The Kier molecular flexibility index (Phi) is 2.91. The van der Waals surface area contributed by atoms with Crippen LogP contribution in [0.15, 0.2) is 36.4 Å². The van der Waals surface area contributed by atoms with Gasteiger partial charge in [-0.15, -0.1) is 0 Å². The fourth-order valence-electron chi connectivity index (χ4n) is 3.58. The van der Waals surface area contributed by atoms with E-state index in [1.807, 2.05) is 25.1 Å². The van der Waals surface area contributed by atoms with Gasteiger partial charge < -0.3 is 5.11 Å². The van der Waals surface area contributed by atoms with Crippen molar-refractivity contribution in [3.8, 4) is 0 Å². The van der Waals surface area contributed by atoms with E-state index in [4.69, 9.17) is 0 Å². The van der Waals surface area contributed by atoms with Crippen LogP contribution >= 0.6 is 0 Å². The van der Waals surface area contributed by atoms with E-state index < -0.39 is 5.60 Å². The maximum absolute atomic E-state index is 12.4. The molecule has 2 aromatic rings. The average Bonchev–Trinajstić information content (AvgIpc) is 3.21. The van der Waals surface area contributed by atoms with Crippen molar-refractivity contribution in [1.82, 2.24) is 9.78 Å². The summed E-state index contributed by atoms with van der Waals surface area (Å²) in [5.74, 6) is 0.535. The summed E-state index contributed by atoms with van der Waals surface area (Å²) < 4.78 is 1.78. The van der Waals surface area contributed by atoms with Crippen LogP contribution in [0.5, 0.6) is 0 Å². The third-order valence-corrected chi connectivity index (χ3v) is 5.02. The zero-order valence-corrected chi connectivity index (χ0v) is 13.4. The molecule has 0 radical (unpaired) electrons. The van der Waals surface area contributed by atoms with E-state index in [0.717, 1.165) is 22.9 Å². The van der Waals surface area contributed by atoms with Gasteiger partial charge in [-0.25, -0.2) is 0 Å². The minimum absolute atomic E-state index is 0.143. The van der Waals surface area contributed by atoms with Crippen LogP contribution < -0.4 is 0 Å². The molecule has 1 N–H and O–H groups in total. The summed E-state index contributed by atoms with van der Waals surface area (Å²) in [5, 5.41) is 16.2. The summed E-state index contributed by atoms with van der Waals surface area (Å²) in [5.41, 5.74) is 2.05. The lowest BCUT2D eigenvalue weighted by molar-refractivity contribution is 0.0141. The second-order valence-electron chi connectivity index (χ2n) is 7.11. The Morgan fingerprint density at radius 2 is 2.26 bits per heavy atom. The second kappa shape index (κ2) is 4.65. The van der Waals surface area contributed by atoms with Crippen LogP contribution in [-0.4, -0.2) is 26.3 Å². The molecule has 3 atom stereocenters. The van der Waals surface area contributed by atoms with Crippen molar-refractivity contribution in [3.05, 3.63) is 47.7 Å². The number of carbonyl (C=O) groups is 1. The zero-order chi connectivity index (χ0) is 16.4. The lowest BCUT2D eigenvalue weighted by Gasteiger charge is -2.24. The molecule has 0 saturated heterocycles. The molecule has 2 bridgehead atoms. The first-order valence-electron chi connectivity index (χ1n) is 7.98. The highest BCUT2D eigenvalue weighted by atomic mass is 16.3. The number of aliphatic hydroxyl groups is 1. The molecule has 4 heteroatoms. The van der Waals surface area contributed by atoms with Crippen LogP contribution in [0.1, 0.15) is 36.3 Å². The Balaban J connectivity index is 1.94. The molecule has 1 aliphatic carbocycles. The van der Waals surface area contributed by atoms with Crippen LogP contribution in [0.4, 0.5) is 0 Å². The number of ketones is 1. The topological polar surface area (TPSA) is 55.1 Å². The third-order valence-electron chi connectivity index (χ3n) is 5.02. The summed E-state index contributed by atoms with van der Waals surface area (Å²) >= 11 is 0. The minimum atomic E-state index is -0.829. The van der Waals surface area contributed by atoms with E-state index in [1.54, 1.807) is 11.6 Å². The first-order valence-corrected chi connectivity index (χ1v) is 7.98. The Bertz CT molecular complexity index is 873. The number of nitrogens with zero attached hydrogens (tertiary/aromatic N) is 2. The predicted octanol–water partition coefficient (Wildman–Crippen LogP) is 3.21. The fraction of sp³-hybridized carbons (Fsp3) is 0.368.